The molecule has 3 heteroatoms. The zero-order valence-electron chi connectivity index (χ0n) is 6.62. The van der Waals surface area contributed by atoms with E-state index in [0.29, 0.717) is 0 Å². The van der Waals surface area contributed by atoms with Crippen LogP contribution in [-0.4, -0.2) is 10.5 Å². The average molecular weight is 206 g/mol. The molecule has 2 fully saturated rings. The molecule has 0 spiro atoms. The van der Waals surface area contributed by atoms with Gasteiger partial charge in [-0.25, -0.2) is 0 Å². The van der Waals surface area contributed by atoms with E-state index < -0.39 is 0 Å². The van der Waals surface area contributed by atoms with Crippen molar-refractivity contribution < 1.29 is 0 Å². The van der Waals surface area contributed by atoms with E-state index >= 15 is 0 Å². The molecular formula is C8H14S3. The molecule has 1 heterocycles. The molecule has 0 aromatic carbocycles. The van der Waals surface area contributed by atoms with Crippen molar-refractivity contribution in [3.63, 3.8) is 0 Å². The van der Waals surface area contributed by atoms with Crippen LogP contribution in [0, 0.1) is 0 Å². The Hall–Kier alpha value is 1.05. The molecule has 0 amide bonds. The Kier molecular flexibility index (Phi) is 3.40. The molecule has 64 valence electrons. The quantitative estimate of drug-likeness (QED) is 0.547. The maximum absolute atomic E-state index is 2.13. The summed E-state index contributed by atoms with van der Waals surface area (Å²) in [5.74, 6) is 0. The fourth-order valence-electron chi connectivity index (χ4n) is 1.76. The van der Waals surface area contributed by atoms with Gasteiger partial charge in [-0.2, -0.15) is 0 Å². The first kappa shape index (κ1) is 8.64. The van der Waals surface area contributed by atoms with E-state index in [1.165, 1.54) is 38.5 Å². The SMILES string of the molecule is C1CCC[C@@H]2SSS[C@H]2CC1. The lowest BCUT2D eigenvalue weighted by Crippen LogP contribution is -2.16. The Bertz CT molecular complexity index is 113. The number of rotatable bonds is 0. The van der Waals surface area contributed by atoms with Crippen LogP contribution < -0.4 is 0 Å². The average Bonchev–Trinajstić information content (AvgIpc) is 2.35. The van der Waals surface area contributed by atoms with E-state index in [1.54, 1.807) is 0 Å². The first-order valence-electron chi connectivity index (χ1n) is 4.45. The van der Waals surface area contributed by atoms with Crippen molar-refractivity contribution in [2.24, 2.45) is 0 Å². The Morgan fingerprint density at radius 1 is 0.727 bits per heavy atom. The fraction of sp³-hybridized carbons (Fsp3) is 1.00. The highest BCUT2D eigenvalue weighted by molar-refractivity contribution is 9.11. The van der Waals surface area contributed by atoms with Crippen LogP contribution in [0.5, 0.6) is 0 Å². The molecule has 1 aliphatic carbocycles. The Morgan fingerprint density at radius 3 is 1.82 bits per heavy atom. The van der Waals surface area contributed by atoms with Crippen molar-refractivity contribution in [2.45, 2.75) is 49.0 Å². The van der Waals surface area contributed by atoms with Crippen molar-refractivity contribution in [1.82, 2.24) is 0 Å². The molecule has 1 saturated carbocycles. The van der Waals surface area contributed by atoms with Crippen LogP contribution in [0.25, 0.3) is 0 Å². The van der Waals surface area contributed by atoms with Crippen molar-refractivity contribution in [3.8, 4) is 0 Å². The summed E-state index contributed by atoms with van der Waals surface area (Å²) >= 11 is 0. The second-order valence-corrected chi connectivity index (χ2v) is 7.85. The normalized spacial score (nSPS) is 39.3. The van der Waals surface area contributed by atoms with Gasteiger partial charge in [0.25, 0.3) is 0 Å². The van der Waals surface area contributed by atoms with Gasteiger partial charge >= 0.3 is 0 Å². The van der Waals surface area contributed by atoms with E-state index in [2.05, 4.69) is 21.6 Å². The van der Waals surface area contributed by atoms with Gasteiger partial charge in [0.05, 0.1) is 0 Å². The summed E-state index contributed by atoms with van der Waals surface area (Å²) in [4.78, 5) is 0. The van der Waals surface area contributed by atoms with Crippen molar-refractivity contribution in [1.29, 1.82) is 0 Å². The zero-order valence-corrected chi connectivity index (χ0v) is 9.07. The zero-order chi connectivity index (χ0) is 7.52. The summed E-state index contributed by atoms with van der Waals surface area (Å²) in [7, 11) is 6.29. The van der Waals surface area contributed by atoms with Crippen LogP contribution in [-0.2, 0) is 0 Å². The molecule has 2 rings (SSSR count). The van der Waals surface area contributed by atoms with Crippen LogP contribution in [0.1, 0.15) is 38.5 Å². The summed E-state index contributed by atoms with van der Waals surface area (Å²) in [6.07, 6.45) is 8.90. The molecule has 0 aromatic heterocycles. The minimum Gasteiger partial charge on any atom is -0.0779 e. The topological polar surface area (TPSA) is 0 Å². The summed E-state index contributed by atoms with van der Waals surface area (Å²) in [5, 5.41) is 1.98. The van der Waals surface area contributed by atoms with E-state index in [-0.39, 0.29) is 0 Å². The third-order valence-corrected chi connectivity index (χ3v) is 7.79. The molecule has 11 heavy (non-hydrogen) atoms. The number of hydrogen-bond acceptors (Lipinski definition) is 3. The molecule has 2 atom stereocenters. The van der Waals surface area contributed by atoms with Crippen LogP contribution in [0.4, 0.5) is 0 Å². The molecule has 0 N–H and O–H groups in total. The van der Waals surface area contributed by atoms with E-state index in [9.17, 15) is 0 Å². The predicted molar refractivity (Wildman–Crippen MR) is 58.1 cm³/mol. The lowest BCUT2D eigenvalue weighted by atomic mass is 10.0. The summed E-state index contributed by atoms with van der Waals surface area (Å²) in [5.41, 5.74) is 0. The third-order valence-electron chi connectivity index (χ3n) is 2.47. The molecule has 0 nitrogen and oxygen atoms in total. The summed E-state index contributed by atoms with van der Waals surface area (Å²) < 4.78 is 0. The highest BCUT2D eigenvalue weighted by atomic mass is 33.5. The fourth-order valence-corrected chi connectivity index (χ4v) is 8.16. The maximum atomic E-state index is 2.13. The second-order valence-electron chi connectivity index (χ2n) is 3.33. The van der Waals surface area contributed by atoms with Crippen molar-refractivity contribution in [2.75, 3.05) is 0 Å². The Balaban J connectivity index is 1.89. The van der Waals surface area contributed by atoms with Crippen molar-refractivity contribution >= 4 is 31.4 Å². The van der Waals surface area contributed by atoms with Crippen LogP contribution >= 0.6 is 31.4 Å². The van der Waals surface area contributed by atoms with Gasteiger partial charge in [-0.15, -0.1) is 0 Å². The van der Waals surface area contributed by atoms with E-state index in [4.69, 9.17) is 0 Å². The van der Waals surface area contributed by atoms with Crippen LogP contribution in [0.2, 0.25) is 0 Å². The van der Waals surface area contributed by atoms with Gasteiger partial charge in [-0.3, -0.25) is 0 Å². The minimum atomic E-state index is 0.991. The molecule has 0 bridgehead atoms. The third kappa shape index (κ3) is 2.25. The van der Waals surface area contributed by atoms with Crippen LogP contribution in [0.3, 0.4) is 0 Å². The van der Waals surface area contributed by atoms with Gasteiger partial charge in [0.2, 0.25) is 0 Å². The monoisotopic (exact) mass is 206 g/mol. The summed E-state index contributed by atoms with van der Waals surface area (Å²) in [6, 6.07) is 0. The predicted octanol–water partition coefficient (Wildman–Crippen LogP) is 4.12. The lowest BCUT2D eigenvalue weighted by Gasteiger charge is -2.19. The number of hydrogen-bond donors (Lipinski definition) is 0. The van der Waals surface area contributed by atoms with E-state index in [1.807, 2.05) is 9.83 Å². The standard InChI is InChI=1S/C8H14S3/c1-2-4-6-8-7(5-3-1)9-11-10-8/h7-8H,1-6H2/t7-,8-/m0/s1. The van der Waals surface area contributed by atoms with Gasteiger partial charge in [-0.1, -0.05) is 47.3 Å². The van der Waals surface area contributed by atoms with E-state index in [0.717, 1.165) is 10.5 Å². The first-order valence-corrected chi connectivity index (χ1v) is 8.06. The molecular weight excluding hydrogens is 192 g/mol. The Labute approximate surface area is 80.5 Å². The molecule has 1 saturated heterocycles. The Morgan fingerprint density at radius 2 is 1.27 bits per heavy atom. The van der Waals surface area contributed by atoms with Crippen LogP contribution in [0.15, 0.2) is 0 Å². The molecule has 1 aliphatic heterocycles. The van der Waals surface area contributed by atoms with Gasteiger partial charge in [0.1, 0.15) is 0 Å². The second kappa shape index (κ2) is 4.33. The van der Waals surface area contributed by atoms with Gasteiger partial charge in [0, 0.05) is 10.5 Å². The van der Waals surface area contributed by atoms with Gasteiger partial charge < -0.3 is 0 Å². The lowest BCUT2D eigenvalue weighted by molar-refractivity contribution is 0.524. The molecule has 0 unspecified atom stereocenters. The molecule has 2 aliphatic rings. The summed E-state index contributed by atoms with van der Waals surface area (Å²) in [6.45, 7) is 0. The largest absolute Gasteiger partial charge is 0.0779 e. The number of fused-ring (bicyclic) bond motifs is 1. The van der Waals surface area contributed by atoms with Gasteiger partial charge in [-0.05, 0) is 22.7 Å². The van der Waals surface area contributed by atoms with Gasteiger partial charge in [0.15, 0.2) is 0 Å². The highest BCUT2D eigenvalue weighted by Crippen LogP contribution is 2.55. The molecule has 0 aromatic rings. The maximum Gasteiger partial charge on any atom is 0.0287 e. The molecule has 0 radical (unpaired) electrons. The smallest absolute Gasteiger partial charge is 0.0287 e. The minimum absolute atomic E-state index is 0.991. The van der Waals surface area contributed by atoms with Crippen molar-refractivity contribution in [3.05, 3.63) is 0 Å². The first-order chi connectivity index (χ1) is 5.47. The highest BCUT2D eigenvalue weighted by Gasteiger charge is 2.29.